The third kappa shape index (κ3) is 6.05. The lowest BCUT2D eigenvalue weighted by molar-refractivity contribution is 0.108. The maximum atomic E-state index is 6.09. The Bertz CT molecular complexity index is 356. The minimum atomic E-state index is 0.600. The van der Waals surface area contributed by atoms with Crippen molar-refractivity contribution < 1.29 is 4.74 Å². The first-order valence-corrected chi connectivity index (χ1v) is 7.08. The van der Waals surface area contributed by atoms with Crippen LogP contribution in [-0.2, 0) is 11.3 Å². The number of hydrogen-bond donors (Lipinski definition) is 1. The molecule has 18 heavy (non-hydrogen) atoms. The van der Waals surface area contributed by atoms with Crippen LogP contribution in [-0.4, -0.2) is 19.8 Å². The van der Waals surface area contributed by atoms with Crippen molar-refractivity contribution >= 4 is 23.2 Å². The van der Waals surface area contributed by atoms with Gasteiger partial charge in [-0.2, -0.15) is 0 Å². The highest BCUT2D eigenvalue weighted by atomic mass is 35.5. The van der Waals surface area contributed by atoms with E-state index in [1.165, 1.54) is 0 Å². The van der Waals surface area contributed by atoms with Gasteiger partial charge in [-0.3, -0.25) is 0 Å². The highest BCUT2D eigenvalue weighted by molar-refractivity contribution is 6.42. The van der Waals surface area contributed by atoms with Crippen LogP contribution in [0.3, 0.4) is 0 Å². The monoisotopic (exact) mass is 289 g/mol. The van der Waals surface area contributed by atoms with Crippen LogP contribution in [0.25, 0.3) is 0 Å². The predicted octanol–water partition coefficient (Wildman–Crippen LogP) is 4.15. The fourth-order valence-corrected chi connectivity index (χ4v) is 1.91. The summed E-state index contributed by atoms with van der Waals surface area (Å²) < 4.78 is 5.50. The minimum absolute atomic E-state index is 0.600. The summed E-state index contributed by atoms with van der Waals surface area (Å²) in [5.74, 6) is 0.600. The van der Waals surface area contributed by atoms with E-state index in [0.29, 0.717) is 16.0 Å². The first-order valence-electron chi connectivity index (χ1n) is 6.32. The van der Waals surface area contributed by atoms with Gasteiger partial charge < -0.3 is 10.1 Å². The molecule has 4 heteroatoms. The molecule has 0 spiro atoms. The van der Waals surface area contributed by atoms with Gasteiger partial charge in [0.25, 0.3) is 0 Å². The van der Waals surface area contributed by atoms with Crippen LogP contribution >= 0.6 is 23.2 Å². The van der Waals surface area contributed by atoms with Gasteiger partial charge in [-0.15, -0.1) is 0 Å². The van der Waals surface area contributed by atoms with E-state index in [4.69, 9.17) is 27.9 Å². The van der Waals surface area contributed by atoms with Crippen LogP contribution < -0.4 is 5.32 Å². The number of benzene rings is 1. The number of rotatable bonds is 8. The molecule has 1 aromatic rings. The van der Waals surface area contributed by atoms with Crippen LogP contribution in [0.4, 0.5) is 0 Å². The molecule has 1 aromatic carbocycles. The summed E-state index contributed by atoms with van der Waals surface area (Å²) >= 11 is 12.0. The van der Waals surface area contributed by atoms with Gasteiger partial charge in [0.05, 0.1) is 10.0 Å². The number of nitrogens with one attached hydrogen (secondary N) is 1. The van der Waals surface area contributed by atoms with Crippen LogP contribution in [0.15, 0.2) is 18.2 Å². The van der Waals surface area contributed by atoms with Crippen molar-refractivity contribution in [3.05, 3.63) is 33.8 Å². The molecule has 0 fully saturated rings. The third-order valence-electron chi connectivity index (χ3n) is 2.44. The maximum absolute atomic E-state index is 6.09. The number of hydrogen-bond acceptors (Lipinski definition) is 2. The van der Waals surface area contributed by atoms with Gasteiger partial charge in [0.1, 0.15) is 0 Å². The molecule has 2 nitrogen and oxygen atoms in total. The SMILES string of the molecule is CC(C)COCCCNCc1cccc(Cl)c1Cl. The quantitative estimate of drug-likeness (QED) is 0.726. The van der Waals surface area contributed by atoms with Crippen molar-refractivity contribution in [2.45, 2.75) is 26.8 Å². The van der Waals surface area contributed by atoms with E-state index < -0.39 is 0 Å². The van der Waals surface area contributed by atoms with Crippen LogP contribution in [0.1, 0.15) is 25.8 Å². The molecule has 0 saturated carbocycles. The van der Waals surface area contributed by atoms with E-state index in [1.807, 2.05) is 12.1 Å². The average molecular weight is 290 g/mol. The van der Waals surface area contributed by atoms with Gasteiger partial charge in [0, 0.05) is 19.8 Å². The summed E-state index contributed by atoms with van der Waals surface area (Å²) in [7, 11) is 0. The van der Waals surface area contributed by atoms with Gasteiger partial charge in [0.2, 0.25) is 0 Å². The van der Waals surface area contributed by atoms with Crippen molar-refractivity contribution in [2.24, 2.45) is 5.92 Å². The molecule has 0 bridgehead atoms. The Kier molecular flexibility index (Phi) is 7.68. The van der Waals surface area contributed by atoms with E-state index in [1.54, 1.807) is 6.07 Å². The van der Waals surface area contributed by atoms with E-state index in [2.05, 4.69) is 19.2 Å². The molecule has 0 aromatic heterocycles. The molecule has 102 valence electrons. The third-order valence-corrected chi connectivity index (χ3v) is 3.30. The molecule has 0 amide bonds. The summed E-state index contributed by atoms with van der Waals surface area (Å²) in [6, 6.07) is 5.70. The Hall–Kier alpha value is -0.280. The van der Waals surface area contributed by atoms with E-state index in [0.717, 1.165) is 38.3 Å². The van der Waals surface area contributed by atoms with E-state index in [-0.39, 0.29) is 0 Å². The van der Waals surface area contributed by atoms with Crippen LogP contribution in [0.2, 0.25) is 10.0 Å². The van der Waals surface area contributed by atoms with Gasteiger partial charge in [-0.25, -0.2) is 0 Å². The van der Waals surface area contributed by atoms with Crippen molar-refractivity contribution in [2.75, 3.05) is 19.8 Å². The second-order valence-electron chi connectivity index (χ2n) is 4.71. The summed E-state index contributed by atoms with van der Waals surface area (Å²) in [5, 5.41) is 4.58. The molecular formula is C14H21Cl2NO. The topological polar surface area (TPSA) is 21.3 Å². The van der Waals surface area contributed by atoms with Gasteiger partial charge >= 0.3 is 0 Å². The minimum Gasteiger partial charge on any atom is -0.381 e. The molecule has 0 aliphatic heterocycles. The lowest BCUT2D eigenvalue weighted by Crippen LogP contribution is -2.17. The van der Waals surface area contributed by atoms with E-state index in [9.17, 15) is 0 Å². The first-order chi connectivity index (χ1) is 8.61. The standard InChI is InChI=1S/C14H21Cl2NO/c1-11(2)10-18-8-4-7-17-9-12-5-3-6-13(15)14(12)16/h3,5-6,11,17H,4,7-10H2,1-2H3. The maximum Gasteiger partial charge on any atom is 0.0637 e. The smallest absolute Gasteiger partial charge is 0.0637 e. The molecule has 0 aliphatic carbocycles. The molecule has 0 unspecified atom stereocenters. The van der Waals surface area contributed by atoms with Crippen molar-refractivity contribution in [1.82, 2.24) is 5.32 Å². The number of halogens is 2. The molecule has 0 heterocycles. The highest BCUT2D eigenvalue weighted by Gasteiger charge is 2.03. The lowest BCUT2D eigenvalue weighted by atomic mass is 10.2. The Morgan fingerprint density at radius 3 is 2.78 bits per heavy atom. The zero-order valence-electron chi connectivity index (χ0n) is 11.0. The second kappa shape index (κ2) is 8.76. The zero-order valence-corrected chi connectivity index (χ0v) is 12.5. The lowest BCUT2D eigenvalue weighted by Gasteiger charge is -2.09. The molecular weight excluding hydrogens is 269 g/mol. The molecule has 0 atom stereocenters. The van der Waals surface area contributed by atoms with Gasteiger partial charge in [-0.05, 0) is 30.5 Å². The van der Waals surface area contributed by atoms with E-state index >= 15 is 0 Å². The second-order valence-corrected chi connectivity index (χ2v) is 5.50. The molecule has 1 rings (SSSR count). The van der Waals surface area contributed by atoms with Crippen LogP contribution in [0.5, 0.6) is 0 Å². The van der Waals surface area contributed by atoms with Gasteiger partial charge in [-0.1, -0.05) is 49.2 Å². The Morgan fingerprint density at radius 2 is 2.06 bits per heavy atom. The van der Waals surface area contributed by atoms with Crippen molar-refractivity contribution in [3.8, 4) is 0 Å². The average Bonchev–Trinajstić information content (AvgIpc) is 2.32. The first kappa shape index (κ1) is 15.8. The molecule has 0 radical (unpaired) electrons. The van der Waals surface area contributed by atoms with Crippen LogP contribution in [0, 0.1) is 5.92 Å². The largest absolute Gasteiger partial charge is 0.381 e. The Labute approximate surface area is 120 Å². The normalized spacial score (nSPS) is 11.2. The van der Waals surface area contributed by atoms with Crippen molar-refractivity contribution in [3.63, 3.8) is 0 Å². The molecule has 0 aliphatic rings. The molecule has 1 N–H and O–H groups in total. The summed E-state index contributed by atoms with van der Waals surface area (Å²) in [4.78, 5) is 0. The summed E-state index contributed by atoms with van der Waals surface area (Å²) in [6.07, 6.45) is 1.00. The Morgan fingerprint density at radius 1 is 1.28 bits per heavy atom. The fourth-order valence-electron chi connectivity index (χ4n) is 1.53. The zero-order chi connectivity index (χ0) is 13.4. The summed E-state index contributed by atoms with van der Waals surface area (Å²) in [6.45, 7) is 7.60. The van der Waals surface area contributed by atoms with Crippen molar-refractivity contribution in [1.29, 1.82) is 0 Å². The Balaban J connectivity index is 2.13. The fraction of sp³-hybridized carbons (Fsp3) is 0.571. The highest BCUT2D eigenvalue weighted by Crippen LogP contribution is 2.25. The molecule has 0 saturated heterocycles. The summed E-state index contributed by atoms with van der Waals surface area (Å²) in [5.41, 5.74) is 1.03. The van der Waals surface area contributed by atoms with Gasteiger partial charge in [0.15, 0.2) is 0 Å². The predicted molar refractivity (Wildman–Crippen MR) is 78.4 cm³/mol. The number of ether oxygens (including phenoxy) is 1.